The average Bonchev–Trinajstić information content (AvgIpc) is 2.84. The summed E-state index contributed by atoms with van der Waals surface area (Å²) in [6.07, 6.45) is 0. The zero-order valence-electron chi connectivity index (χ0n) is 10.2. The third-order valence-corrected chi connectivity index (χ3v) is 4.01. The lowest BCUT2D eigenvalue weighted by molar-refractivity contribution is 0.123. The van der Waals surface area contributed by atoms with E-state index in [1.165, 1.54) is 0 Å². The molecule has 0 fully saturated rings. The molecule has 4 heteroatoms. The molecule has 3 nitrogen and oxygen atoms in total. The largest absolute Gasteiger partial charge is 0.377 e. The van der Waals surface area contributed by atoms with Gasteiger partial charge in [-0.25, -0.2) is 0 Å². The number of nitrogens with one attached hydrogen (secondary N) is 1. The van der Waals surface area contributed by atoms with E-state index in [1.54, 1.807) is 0 Å². The van der Waals surface area contributed by atoms with Gasteiger partial charge >= 0.3 is 0 Å². The predicted molar refractivity (Wildman–Crippen MR) is 84.0 cm³/mol. The van der Waals surface area contributed by atoms with Crippen LogP contribution < -0.4 is 5.43 Å². The highest BCUT2D eigenvalue weighted by Crippen LogP contribution is 2.29. The summed E-state index contributed by atoms with van der Waals surface area (Å²) in [5.41, 5.74) is 4.33. The van der Waals surface area contributed by atoms with E-state index in [0.29, 0.717) is 12.3 Å². The van der Waals surface area contributed by atoms with Gasteiger partial charge in [-0.15, -0.1) is 0 Å². The Morgan fingerprint density at radius 3 is 2.42 bits per heavy atom. The van der Waals surface area contributed by atoms with Gasteiger partial charge in [-0.05, 0) is 40.3 Å². The van der Waals surface area contributed by atoms with Crippen LogP contribution in [-0.2, 0) is 5.60 Å². The monoisotopic (exact) mass is 364 g/mol. The molecule has 96 valence electrons. The van der Waals surface area contributed by atoms with Crippen molar-refractivity contribution in [1.82, 2.24) is 5.43 Å². The van der Waals surface area contributed by atoms with Gasteiger partial charge in [0, 0.05) is 9.13 Å². The summed E-state index contributed by atoms with van der Waals surface area (Å²) in [7, 11) is 0. The van der Waals surface area contributed by atoms with E-state index in [9.17, 15) is 5.11 Å². The molecule has 0 saturated heterocycles. The average molecular weight is 364 g/mol. The Morgan fingerprint density at radius 2 is 1.74 bits per heavy atom. The molecule has 0 amide bonds. The Labute approximate surface area is 125 Å². The van der Waals surface area contributed by atoms with E-state index in [1.807, 2.05) is 54.6 Å². The van der Waals surface area contributed by atoms with E-state index in [4.69, 9.17) is 0 Å². The summed E-state index contributed by atoms with van der Waals surface area (Å²) in [5, 5.41) is 15.2. The minimum absolute atomic E-state index is 0.401. The molecule has 0 aromatic heterocycles. The third-order valence-electron chi connectivity index (χ3n) is 3.29. The van der Waals surface area contributed by atoms with Crippen LogP contribution in [0.5, 0.6) is 0 Å². The number of hydrogen-bond donors (Lipinski definition) is 2. The van der Waals surface area contributed by atoms with Crippen molar-refractivity contribution in [3.63, 3.8) is 0 Å². The summed E-state index contributed by atoms with van der Waals surface area (Å²) >= 11 is 2.26. The standard InChI is InChI=1S/C15H13IN2O/c16-13-8-6-11(7-9-13)14-15(19,10-17-18-14)12-4-2-1-3-5-12/h1-9,17,19H,10H2. The van der Waals surface area contributed by atoms with Gasteiger partial charge in [-0.1, -0.05) is 42.5 Å². The first kappa shape index (κ1) is 12.6. The van der Waals surface area contributed by atoms with Crippen LogP contribution in [0.25, 0.3) is 0 Å². The second-order valence-electron chi connectivity index (χ2n) is 4.53. The van der Waals surface area contributed by atoms with Crippen LogP contribution in [0.2, 0.25) is 0 Å². The van der Waals surface area contributed by atoms with Crippen molar-refractivity contribution >= 4 is 28.3 Å². The number of halogens is 1. The molecule has 1 heterocycles. The van der Waals surface area contributed by atoms with Gasteiger partial charge in [0.2, 0.25) is 0 Å². The molecular formula is C15H13IN2O. The number of hydrogen-bond acceptors (Lipinski definition) is 3. The molecule has 3 rings (SSSR count). The molecule has 2 aromatic rings. The quantitative estimate of drug-likeness (QED) is 0.805. The number of nitrogens with zero attached hydrogens (tertiary/aromatic N) is 1. The fraction of sp³-hybridized carbons (Fsp3) is 0.133. The molecule has 1 unspecified atom stereocenters. The van der Waals surface area contributed by atoms with Crippen molar-refractivity contribution in [2.45, 2.75) is 5.60 Å². The third kappa shape index (κ3) is 2.26. The van der Waals surface area contributed by atoms with E-state index < -0.39 is 5.60 Å². The minimum atomic E-state index is -1.06. The molecule has 0 spiro atoms. The lowest BCUT2D eigenvalue weighted by atomic mass is 9.86. The second kappa shape index (κ2) is 4.94. The molecule has 0 bridgehead atoms. The SMILES string of the molecule is OC1(c2ccccc2)CNN=C1c1ccc(I)cc1. The Hall–Kier alpha value is -1.40. The van der Waals surface area contributed by atoms with Crippen molar-refractivity contribution in [3.8, 4) is 0 Å². The molecule has 1 atom stereocenters. The lowest BCUT2D eigenvalue weighted by Gasteiger charge is -2.24. The predicted octanol–water partition coefficient (Wildman–Crippen LogP) is 2.49. The first-order valence-electron chi connectivity index (χ1n) is 6.05. The Bertz CT molecular complexity index is 610. The summed E-state index contributed by atoms with van der Waals surface area (Å²) < 4.78 is 1.16. The van der Waals surface area contributed by atoms with Gasteiger partial charge in [-0.2, -0.15) is 5.10 Å². The van der Waals surface area contributed by atoms with Gasteiger partial charge in [0.1, 0.15) is 5.71 Å². The van der Waals surface area contributed by atoms with E-state index in [-0.39, 0.29) is 0 Å². The fourth-order valence-corrected chi connectivity index (χ4v) is 2.63. The maximum absolute atomic E-state index is 10.9. The summed E-state index contributed by atoms with van der Waals surface area (Å²) in [5.74, 6) is 0. The smallest absolute Gasteiger partial charge is 0.152 e. The number of aliphatic hydroxyl groups is 1. The highest BCUT2D eigenvalue weighted by molar-refractivity contribution is 14.1. The van der Waals surface area contributed by atoms with Gasteiger partial charge < -0.3 is 10.5 Å². The van der Waals surface area contributed by atoms with E-state index in [0.717, 1.165) is 14.7 Å². The van der Waals surface area contributed by atoms with Crippen LogP contribution in [0.3, 0.4) is 0 Å². The highest BCUT2D eigenvalue weighted by atomic mass is 127. The van der Waals surface area contributed by atoms with E-state index in [2.05, 4.69) is 33.1 Å². The molecule has 2 aromatic carbocycles. The fourth-order valence-electron chi connectivity index (χ4n) is 2.27. The molecule has 1 aliphatic heterocycles. The second-order valence-corrected chi connectivity index (χ2v) is 5.77. The zero-order valence-corrected chi connectivity index (χ0v) is 12.3. The molecule has 0 saturated carbocycles. The van der Waals surface area contributed by atoms with Crippen LogP contribution in [0.1, 0.15) is 11.1 Å². The van der Waals surface area contributed by atoms with Crippen molar-refractivity contribution in [3.05, 3.63) is 69.3 Å². The van der Waals surface area contributed by atoms with Gasteiger partial charge in [0.15, 0.2) is 5.60 Å². The number of benzene rings is 2. The first-order valence-corrected chi connectivity index (χ1v) is 7.13. The van der Waals surface area contributed by atoms with Crippen LogP contribution in [0, 0.1) is 3.57 Å². The normalized spacial score (nSPS) is 21.9. The Morgan fingerprint density at radius 1 is 1.05 bits per heavy atom. The maximum atomic E-state index is 10.9. The van der Waals surface area contributed by atoms with Crippen molar-refractivity contribution in [2.75, 3.05) is 6.54 Å². The molecule has 1 aliphatic rings. The van der Waals surface area contributed by atoms with Crippen LogP contribution in [-0.4, -0.2) is 17.4 Å². The molecule has 2 N–H and O–H groups in total. The van der Waals surface area contributed by atoms with Crippen LogP contribution in [0.4, 0.5) is 0 Å². The Kier molecular flexibility index (Phi) is 3.28. The topological polar surface area (TPSA) is 44.6 Å². The van der Waals surface area contributed by atoms with Crippen molar-refractivity contribution in [1.29, 1.82) is 0 Å². The van der Waals surface area contributed by atoms with Gasteiger partial charge in [-0.3, -0.25) is 0 Å². The van der Waals surface area contributed by atoms with Gasteiger partial charge in [0.05, 0.1) is 6.54 Å². The van der Waals surface area contributed by atoms with Crippen molar-refractivity contribution < 1.29 is 5.11 Å². The molecule has 0 radical (unpaired) electrons. The Balaban J connectivity index is 2.04. The van der Waals surface area contributed by atoms with Crippen LogP contribution >= 0.6 is 22.6 Å². The van der Waals surface area contributed by atoms with E-state index >= 15 is 0 Å². The summed E-state index contributed by atoms with van der Waals surface area (Å²) in [6.45, 7) is 0.401. The van der Waals surface area contributed by atoms with Crippen molar-refractivity contribution in [2.24, 2.45) is 5.10 Å². The minimum Gasteiger partial charge on any atom is -0.377 e. The molecule has 0 aliphatic carbocycles. The highest BCUT2D eigenvalue weighted by Gasteiger charge is 2.39. The lowest BCUT2D eigenvalue weighted by Crippen LogP contribution is -2.37. The van der Waals surface area contributed by atoms with Crippen LogP contribution in [0.15, 0.2) is 59.7 Å². The first-order chi connectivity index (χ1) is 9.20. The maximum Gasteiger partial charge on any atom is 0.152 e. The molecular weight excluding hydrogens is 351 g/mol. The number of β-amino-alcohol motifs (C(OH)–C–C–N with tert-alkyl or cyclic N) is 1. The number of hydrazone groups is 1. The summed E-state index contributed by atoms with van der Waals surface area (Å²) in [6, 6.07) is 17.7. The number of rotatable bonds is 2. The van der Waals surface area contributed by atoms with Gasteiger partial charge in [0.25, 0.3) is 0 Å². The molecule has 19 heavy (non-hydrogen) atoms. The summed E-state index contributed by atoms with van der Waals surface area (Å²) in [4.78, 5) is 0. The zero-order chi connectivity index (χ0) is 13.3.